The van der Waals surface area contributed by atoms with Crippen molar-refractivity contribution in [2.75, 3.05) is 26.9 Å². The molecule has 2 N–H and O–H groups in total. The van der Waals surface area contributed by atoms with Gasteiger partial charge in [0.05, 0.1) is 13.0 Å². The minimum absolute atomic E-state index is 0.0389. The monoisotopic (exact) mass is 480 g/mol. The molecule has 2 aliphatic rings. The van der Waals surface area contributed by atoms with Crippen molar-refractivity contribution < 1.29 is 29.0 Å². The van der Waals surface area contributed by atoms with Gasteiger partial charge in [-0.2, -0.15) is 0 Å². The fourth-order valence-corrected chi connectivity index (χ4v) is 5.36. The van der Waals surface area contributed by atoms with Gasteiger partial charge in [-0.1, -0.05) is 55.5 Å². The van der Waals surface area contributed by atoms with E-state index >= 15 is 0 Å². The molecule has 1 saturated heterocycles. The molecule has 0 radical (unpaired) electrons. The summed E-state index contributed by atoms with van der Waals surface area (Å²) in [5.74, 6) is -1.38. The number of nitrogens with zero attached hydrogens (tertiary/aromatic N) is 1. The zero-order valence-electron chi connectivity index (χ0n) is 20.2. The molecule has 1 unspecified atom stereocenters. The molecule has 2 atom stereocenters. The number of carboxylic acids is 1. The van der Waals surface area contributed by atoms with E-state index < -0.39 is 23.6 Å². The quantitative estimate of drug-likeness (QED) is 0.566. The van der Waals surface area contributed by atoms with Crippen LogP contribution in [0.2, 0.25) is 0 Å². The highest BCUT2D eigenvalue weighted by Crippen LogP contribution is 2.44. The van der Waals surface area contributed by atoms with Gasteiger partial charge in [0.25, 0.3) is 5.91 Å². The van der Waals surface area contributed by atoms with Crippen molar-refractivity contribution in [1.29, 1.82) is 0 Å². The molecule has 1 aliphatic heterocycles. The summed E-state index contributed by atoms with van der Waals surface area (Å²) < 4.78 is 11.0. The number of methoxy groups -OCH3 is 1. The first-order valence-corrected chi connectivity index (χ1v) is 12.0. The molecule has 4 rings (SSSR count). The van der Waals surface area contributed by atoms with Crippen molar-refractivity contribution in [3.8, 4) is 11.1 Å². The smallest absolute Gasteiger partial charge is 0.408 e. The van der Waals surface area contributed by atoms with E-state index in [9.17, 15) is 19.5 Å². The molecule has 0 bridgehead atoms. The summed E-state index contributed by atoms with van der Waals surface area (Å²) in [4.78, 5) is 39.4. The number of nitrogens with one attached hydrogen (secondary N) is 1. The number of benzene rings is 2. The van der Waals surface area contributed by atoms with Crippen molar-refractivity contribution in [3.05, 3.63) is 59.7 Å². The van der Waals surface area contributed by atoms with Crippen molar-refractivity contribution in [1.82, 2.24) is 10.2 Å². The topological polar surface area (TPSA) is 105 Å². The van der Waals surface area contributed by atoms with Gasteiger partial charge in [-0.15, -0.1) is 0 Å². The maximum absolute atomic E-state index is 13.6. The lowest BCUT2D eigenvalue weighted by atomic mass is 9.94. The Morgan fingerprint density at radius 1 is 1.09 bits per heavy atom. The summed E-state index contributed by atoms with van der Waals surface area (Å²) in [6, 6.07) is 15.8. The molecule has 0 spiro atoms. The number of rotatable bonds is 9. The Bertz CT molecular complexity index is 1060. The number of carbonyl (C=O) groups excluding carboxylic acids is 2. The number of amides is 2. The molecule has 0 aromatic heterocycles. The van der Waals surface area contributed by atoms with Gasteiger partial charge >= 0.3 is 12.1 Å². The fraction of sp³-hybridized carbons (Fsp3) is 0.444. The van der Waals surface area contributed by atoms with Gasteiger partial charge < -0.3 is 24.8 Å². The van der Waals surface area contributed by atoms with E-state index in [1.165, 1.54) is 7.11 Å². The Balaban J connectivity index is 1.49. The zero-order valence-corrected chi connectivity index (χ0v) is 20.2. The maximum Gasteiger partial charge on any atom is 0.408 e. The average molecular weight is 481 g/mol. The van der Waals surface area contributed by atoms with Gasteiger partial charge in [-0.3, -0.25) is 9.59 Å². The van der Waals surface area contributed by atoms with Crippen molar-refractivity contribution >= 4 is 18.0 Å². The molecule has 1 fully saturated rings. The highest BCUT2D eigenvalue weighted by atomic mass is 16.5. The zero-order chi connectivity index (χ0) is 25.0. The molecule has 8 nitrogen and oxygen atoms in total. The number of hydrogen-bond acceptors (Lipinski definition) is 5. The van der Waals surface area contributed by atoms with Crippen molar-refractivity contribution in [2.45, 2.75) is 50.1 Å². The van der Waals surface area contributed by atoms with Crippen LogP contribution in [0.1, 0.15) is 49.7 Å². The van der Waals surface area contributed by atoms with E-state index in [1.807, 2.05) is 36.4 Å². The molecular formula is C27H32N2O6. The van der Waals surface area contributed by atoms with Crippen LogP contribution in [0.25, 0.3) is 11.1 Å². The number of aliphatic carboxylic acids is 1. The maximum atomic E-state index is 13.6. The fourth-order valence-electron chi connectivity index (χ4n) is 5.36. The van der Waals surface area contributed by atoms with Gasteiger partial charge in [0.15, 0.2) is 0 Å². The van der Waals surface area contributed by atoms with E-state index in [0.717, 1.165) is 28.7 Å². The number of alkyl carbamates (subject to hydrolysis) is 1. The Labute approximate surface area is 205 Å². The molecular weight excluding hydrogens is 448 g/mol. The van der Waals surface area contributed by atoms with E-state index in [1.54, 1.807) is 11.8 Å². The van der Waals surface area contributed by atoms with Gasteiger partial charge in [-0.05, 0) is 41.5 Å². The molecule has 0 saturated carbocycles. The summed E-state index contributed by atoms with van der Waals surface area (Å²) in [6.45, 7) is 2.34. The predicted molar refractivity (Wildman–Crippen MR) is 130 cm³/mol. The largest absolute Gasteiger partial charge is 0.481 e. The third kappa shape index (κ3) is 4.89. The molecule has 8 heteroatoms. The number of ether oxygens (including phenoxy) is 2. The molecule has 2 amide bonds. The van der Waals surface area contributed by atoms with Gasteiger partial charge in [0.2, 0.25) is 0 Å². The first kappa shape index (κ1) is 24.7. The summed E-state index contributed by atoms with van der Waals surface area (Å²) in [6.07, 6.45) is 0.800. The Morgan fingerprint density at radius 3 is 2.29 bits per heavy atom. The minimum atomic E-state index is -1.33. The molecule has 2 aromatic carbocycles. The molecule has 1 aliphatic carbocycles. The number of hydrogen-bond donors (Lipinski definition) is 2. The first-order chi connectivity index (χ1) is 16.9. The summed E-state index contributed by atoms with van der Waals surface area (Å²) >= 11 is 0. The van der Waals surface area contributed by atoms with Gasteiger partial charge in [0.1, 0.15) is 12.1 Å². The van der Waals surface area contributed by atoms with E-state index in [-0.39, 0.29) is 37.9 Å². The number of fused-ring (bicyclic) bond motifs is 3. The number of carboxylic acid groups (broad SMARTS) is 1. The number of likely N-dealkylation sites (tertiary alicyclic amines) is 1. The number of carbonyl (C=O) groups is 3. The second-order valence-electron chi connectivity index (χ2n) is 9.21. The van der Waals surface area contributed by atoms with E-state index in [2.05, 4.69) is 17.4 Å². The third-order valence-electron chi connectivity index (χ3n) is 7.14. The first-order valence-electron chi connectivity index (χ1n) is 12.0. The summed E-state index contributed by atoms with van der Waals surface area (Å²) in [5.41, 5.74) is 3.13. The van der Waals surface area contributed by atoms with Crippen LogP contribution in [0.5, 0.6) is 0 Å². The predicted octanol–water partition coefficient (Wildman–Crippen LogP) is 3.79. The highest BCUT2D eigenvalue weighted by Gasteiger charge is 2.45. The van der Waals surface area contributed by atoms with Crippen LogP contribution in [-0.2, 0) is 19.1 Å². The molecule has 35 heavy (non-hydrogen) atoms. The van der Waals surface area contributed by atoms with Crippen LogP contribution in [0.15, 0.2) is 48.5 Å². The Hall–Kier alpha value is -3.39. The van der Waals surface area contributed by atoms with Crippen LogP contribution >= 0.6 is 0 Å². The van der Waals surface area contributed by atoms with Crippen LogP contribution in [0, 0.1) is 0 Å². The molecule has 1 heterocycles. The Kier molecular flexibility index (Phi) is 7.40. The SMILES string of the molecule is CCC(COC)(NC(=O)OCC1c2ccccc2-c2ccccc21)C(=O)N1CCC[C@@H]1CC(=O)O. The average Bonchev–Trinajstić information content (AvgIpc) is 3.44. The lowest BCUT2D eigenvalue weighted by Crippen LogP contribution is -2.63. The molecule has 186 valence electrons. The second kappa shape index (κ2) is 10.5. The Morgan fingerprint density at radius 2 is 1.71 bits per heavy atom. The van der Waals surface area contributed by atoms with E-state index in [4.69, 9.17) is 9.47 Å². The minimum Gasteiger partial charge on any atom is -0.481 e. The van der Waals surface area contributed by atoms with Gasteiger partial charge in [-0.25, -0.2) is 4.79 Å². The van der Waals surface area contributed by atoms with Crippen LogP contribution in [0.4, 0.5) is 4.79 Å². The second-order valence-corrected chi connectivity index (χ2v) is 9.21. The van der Waals surface area contributed by atoms with Crippen LogP contribution < -0.4 is 5.32 Å². The van der Waals surface area contributed by atoms with Crippen LogP contribution in [0.3, 0.4) is 0 Å². The lowest BCUT2D eigenvalue weighted by Gasteiger charge is -2.37. The van der Waals surface area contributed by atoms with Crippen LogP contribution in [-0.4, -0.2) is 66.4 Å². The van der Waals surface area contributed by atoms with Crippen molar-refractivity contribution in [3.63, 3.8) is 0 Å². The molecule has 2 aromatic rings. The summed E-state index contributed by atoms with van der Waals surface area (Å²) in [7, 11) is 1.47. The van der Waals surface area contributed by atoms with Crippen molar-refractivity contribution in [2.24, 2.45) is 0 Å². The highest BCUT2D eigenvalue weighted by molar-refractivity contribution is 5.91. The summed E-state index contributed by atoms with van der Waals surface area (Å²) in [5, 5.41) is 12.0. The third-order valence-corrected chi connectivity index (χ3v) is 7.14. The van der Waals surface area contributed by atoms with Gasteiger partial charge in [0, 0.05) is 25.6 Å². The normalized spacial score (nSPS) is 18.5. The standard InChI is InChI=1S/C27H32N2O6/c1-3-27(17-34-2,25(32)29-14-8-9-18(29)15-24(30)31)28-26(33)35-16-23-21-12-6-4-10-19(21)20-11-5-7-13-22(20)23/h4-7,10-13,18,23H,3,8-9,14-17H2,1-2H3,(H,28,33)(H,30,31)/t18-,27?/m1/s1. The van der Waals surface area contributed by atoms with E-state index in [0.29, 0.717) is 13.0 Å². The lowest BCUT2D eigenvalue weighted by molar-refractivity contribution is -0.144.